The molecular formula is C13H22N4. The summed E-state index contributed by atoms with van der Waals surface area (Å²) in [5.41, 5.74) is 7.06. The minimum atomic E-state index is 0.0775. The molecule has 2 heterocycles. The van der Waals surface area contributed by atoms with Crippen LogP contribution in [-0.4, -0.2) is 42.6 Å². The molecule has 0 bridgehead atoms. The van der Waals surface area contributed by atoms with E-state index in [1.807, 2.05) is 19.2 Å². The van der Waals surface area contributed by atoms with E-state index in [1.54, 1.807) is 0 Å². The fourth-order valence-corrected chi connectivity index (χ4v) is 2.18. The maximum atomic E-state index is 5.90. The number of hydrogen-bond donors (Lipinski definition) is 1. The predicted octanol–water partition coefficient (Wildman–Crippen LogP) is 1.24. The van der Waals surface area contributed by atoms with Gasteiger partial charge in [0.15, 0.2) is 0 Å². The topological polar surface area (TPSA) is 45.4 Å². The summed E-state index contributed by atoms with van der Waals surface area (Å²) < 4.78 is 0. The molecule has 1 atom stereocenters. The van der Waals surface area contributed by atoms with E-state index in [9.17, 15) is 0 Å². The summed E-state index contributed by atoms with van der Waals surface area (Å²) in [6, 6.07) is 4.19. The zero-order chi connectivity index (χ0) is 12.3. The largest absolute Gasteiger partial charge is 0.354 e. The van der Waals surface area contributed by atoms with Crippen LogP contribution in [0.15, 0.2) is 18.3 Å². The minimum Gasteiger partial charge on any atom is -0.354 e. The standard InChI is InChI=1S/C13H22N4/c1-3-16-6-8-17(9-7-16)13-10-12(11(2)14)4-5-15-13/h4-5,10-11H,3,6-9,14H2,1-2H3/t11-/m0/s1. The number of anilines is 1. The first-order valence-electron chi connectivity index (χ1n) is 6.39. The van der Waals surface area contributed by atoms with Gasteiger partial charge in [-0.05, 0) is 31.2 Å². The van der Waals surface area contributed by atoms with Crippen molar-refractivity contribution in [3.63, 3.8) is 0 Å². The third kappa shape index (κ3) is 2.96. The van der Waals surface area contributed by atoms with Gasteiger partial charge < -0.3 is 15.5 Å². The summed E-state index contributed by atoms with van der Waals surface area (Å²) in [5.74, 6) is 1.07. The van der Waals surface area contributed by atoms with Crippen LogP contribution < -0.4 is 10.6 Å². The Bertz CT molecular complexity index is 356. The molecule has 94 valence electrons. The number of nitrogens with two attached hydrogens (primary N) is 1. The highest BCUT2D eigenvalue weighted by Crippen LogP contribution is 2.18. The van der Waals surface area contributed by atoms with Crippen LogP contribution >= 0.6 is 0 Å². The highest BCUT2D eigenvalue weighted by atomic mass is 15.3. The van der Waals surface area contributed by atoms with Gasteiger partial charge in [-0.3, -0.25) is 0 Å². The second-order valence-corrected chi connectivity index (χ2v) is 4.66. The smallest absolute Gasteiger partial charge is 0.128 e. The quantitative estimate of drug-likeness (QED) is 0.855. The Morgan fingerprint density at radius 1 is 1.35 bits per heavy atom. The van der Waals surface area contributed by atoms with E-state index in [-0.39, 0.29) is 6.04 Å². The van der Waals surface area contributed by atoms with Crippen molar-refractivity contribution in [3.8, 4) is 0 Å². The van der Waals surface area contributed by atoms with Crippen LogP contribution in [0.4, 0.5) is 5.82 Å². The van der Waals surface area contributed by atoms with Crippen molar-refractivity contribution in [2.24, 2.45) is 5.73 Å². The molecule has 0 radical (unpaired) electrons. The lowest BCUT2D eigenvalue weighted by atomic mass is 10.1. The molecule has 1 aliphatic heterocycles. The van der Waals surface area contributed by atoms with Gasteiger partial charge in [-0.15, -0.1) is 0 Å². The van der Waals surface area contributed by atoms with Gasteiger partial charge in [0.1, 0.15) is 5.82 Å². The van der Waals surface area contributed by atoms with Gasteiger partial charge in [-0.2, -0.15) is 0 Å². The molecule has 0 aliphatic carbocycles. The number of pyridine rings is 1. The molecule has 0 saturated carbocycles. The summed E-state index contributed by atoms with van der Waals surface area (Å²) in [6.07, 6.45) is 1.86. The fraction of sp³-hybridized carbons (Fsp3) is 0.615. The Labute approximate surface area is 103 Å². The third-order valence-electron chi connectivity index (χ3n) is 3.44. The SMILES string of the molecule is CCN1CCN(c2cc([C@H](C)N)ccn2)CC1. The first-order valence-corrected chi connectivity index (χ1v) is 6.39. The average Bonchev–Trinajstić information content (AvgIpc) is 2.39. The molecule has 1 saturated heterocycles. The average molecular weight is 234 g/mol. The van der Waals surface area contributed by atoms with Crippen molar-refractivity contribution in [1.29, 1.82) is 0 Å². The monoisotopic (exact) mass is 234 g/mol. The molecular weight excluding hydrogens is 212 g/mol. The van der Waals surface area contributed by atoms with Crippen LogP contribution in [0.1, 0.15) is 25.5 Å². The molecule has 2 N–H and O–H groups in total. The first kappa shape index (κ1) is 12.3. The van der Waals surface area contributed by atoms with Crippen molar-refractivity contribution in [2.45, 2.75) is 19.9 Å². The summed E-state index contributed by atoms with van der Waals surface area (Å²) in [6.45, 7) is 9.73. The Balaban J connectivity index is 2.05. The van der Waals surface area contributed by atoms with Crippen molar-refractivity contribution in [2.75, 3.05) is 37.6 Å². The highest BCUT2D eigenvalue weighted by Gasteiger charge is 2.17. The summed E-state index contributed by atoms with van der Waals surface area (Å²) in [7, 11) is 0. The molecule has 1 fully saturated rings. The van der Waals surface area contributed by atoms with Crippen LogP contribution in [-0.2, 0) is 0 Å². The minimum absolute atomic E-state index is 0.0775. The molecule has 1 aromatic rings. The van der Waals surface area contributed by atoms with E-state index in [2.05, 4.69) is 27.8 Å². The van der Waals surface area contributed by atoms with Crippen LogP contribution in [0.5, 0.6) is 0 Å². The molecule has 4 heteroatoms. The second-order valence-electron chi connectivity index (χ2n) is 4.66. The van der Waals surface area contributed by atoms with Crippen LogP contribution in [0, 0.1) is 0 Å². The lowest BCUT2D eigenvalue weighted by Crippen LogP contribution is -2.46. The molecule has 0 aromatic carbocycles. The molecule has 0 amide bonds. The van der Waals surface area contributed by atoms with Gasteiger partial charge in [0.25, 0.3) is 0 Å². The maximum Gasteiger partial charge on any atom is 0.128 e. The van der Waals surface area contributed by atoms with Crippen molar-refractivity contribution in [1.82, 2.24) is 9.88 Å². The lowest BCUT2D eigenvalue weighted by Gasteiger charge is -2.34. The Hall–Kier alpha value is -1.13. The van der Waals surface area contributed by atoms with Gasteiger partial charge in [0.05, 0.1) is 0 Å². The summed E-state index contributed by atoms with van der Waals surface area (Å²) in [4.78, 5) is 9.26. The van der Waals surface area contributed by atoms with Gasteiger partial charge in [0.2, 0.25) is 0 Å². The van der Waals surface area contributed by atoms with Crippen molar-refractivity contribution < 1.29 is 0 Å². The van der Waals surface area contributed by atoms with Crippen LogP contribution in [0.3, 0.4) is 0 Å². The zero-order valence-corrected chi connectivity index (χ0v) is 10.8. The predicted molar refractivity (Wildman–Crippen MR) is 71.2 cm³/mol. The van der Waals surface area contributed by atoms with Crippen molar-refractivity contribution in [3.05, 3.63) is 23.9 Å². The maximum absolute atomic E-state index is 5.90. The van der Waals surface area contributed by atoms with E-state index in [1.165, 1.54) is 0 Å². The van der Waals surface area contributed by atoms with Gasteiger partial charge >= 0.3 is 0 Å². The van der Waals surface area contributed by atoms with Crippen LogP contribution in [0.25, 0.3) is 0 Å². The van der Waals surface area contributed by atoms with Crippen LogP contribution in [0.2, 0.25) is 0 Å². The Kier molecular flexibility index (Phi) is 3.97. The van der Waals surface area contributed by atoms with Crippen molar-refractivity contribution >= 4 is 5.82 Å². The normalized spacial score (nSPS) is 19.4. The highest BCUT2D eigenvalue weighted by molar-refractivity contribution is 5.42. The number of hydrogen-bond acceptors (Lipinski definition) is 4. The molecule has 2 rings (SSSR count). The van der Waals surface area contributed by atoms with E-state index < -0.39 is 0 Å². The number of rotatable bonds is 3. The number of piperazine rings is 1. The molecule has 4 nitrogen and oxygen atoms in total. The van der Waals surface area contributed by atoms with E-state index >= 15 is 0 Å². The van der Waals surface area contributed by atoms with E-state index in [0.717, 1.165) is 44.1 Å². The van der Waals surface area contributed by atoms with Gasteiger partial charge in [0, 0.05) is 38.4 Å². The van der Waals surface area contributed by atoms with Gasteiger partial charge in [-0.25, -0.2) is 4.98 Å². The third-order valence-corrected chi connectivity index (χ3v) is 3.44. The van der Waals surface area contributed by atoms with E-state index in [0.29, 0.717) is 0 Å². The van der Waals surface area contributed by atoms with E-state index in [4.69, 9.17) is 5.73 Å². The molecule has 17 heavy (non-hydrogen) atoms. The van der Waals surface area contributed by atoms with Gasteiger partial charge in [-0.1, -0.05) is 6.92 Å². The lowest BCUT2D eigenvalue weighted by molar-refractivity contribution is 0.270. The number of likely N-dealkylation sites (N-methyl/N-ethyl adjacent to an activating group) is 1. The Morgan fingerprint density at radius 3 is 2.65 bits per heavy atom. The zero-order valence-electron chi connectivity index (χ0n) is 10.8. The number of nitrogens with zero attached hydrogens (tertiary/aromatic N) is 3. The number of aromatic nitrogens is 1. The Morgan fingerprint density at radius 2 is 2.06 bits per heavy atom. The molecule has 0 spiro atoms. The summed E-state index contributed by atoms with van der Waals surface area (Å²) >= 11 is 0. The fourth-order valence-electron chi connectivity index (χ4n) is 2.18. The molecule has 1 aromatic heterocycles. The second kappa shape index (κ2) is 5.47. The summed E-state index contributed by atoms with van der Waals surface area (Å²) in [5, 5.41) is 0. The first-order chi connectivity index (χ1) is 8.20. The molecule has 0 unspecified atom stereocenters. The molecule has 1 aliphatic rings.